The van der Waals surface area contributed by atoms with Gasteiger partial charge in [-0.25, -0.2) is 0 Å². The molecule has 1 aliphatic carbocycles. The maximum atomic E-state index is 3.95. The minimum atomic E-state index is 0.517. The molecule has 0 heterocycles. The molecule has 0 amide bonds. The summed E-state index contributed by atoms with van der Waals surface area (Å²) in [4.78, 5) is 0.750. The Bertz CT molecular complexity index is 220. The van der Waals surface area contributed by atoms with Gasteiger partial charge in [0.15, 0.2) is 0 Å². The second-order valence-corrected chi connectivity index (χ2v) is 8.49. The summed E-state index contributed by atoms with van der Waals surface area (Å²) in [5.74, 6) is 2.66. The van der Waals surface area contributed by atoms with Crippen LogP contribution >= 0.6 is 15.9 Å². The highest BCUT2D eigenvalue weighted by Crippen LogP contribution is 2.46. The maximum Gasteiger partial charge on any atom is 0.0181 e. The van der Waals surface area contributed by atoms with Gasteiger partial charge in [0.05, 0.1) is 0 Å². The summed E-state index contributed by atoms with van der Waals surface area (Å²) in [5, 5.41) is 0. The topological polar surface area (TPSA) is 0 Å². The van der Waals surface area contributed by atoms with Gasteiger partial charge in [-0.2, -0.15) is 0 Å². The fraction of sp³-hybridized carbons (Fsp3) is 1.00. The van der Waals surface area contributed by atoms with E-state index in [9.17, 15) is 0 Å². The monoisotopic (exact) mass is 302 g/mol. The zero-order valence-electron chi connectivity index (χ0n) is 12.4. The van der Waals surface area contributed by atoms with E-state index < -0.39 is 0 Å². The molecule has 0 aromatic rings. The Morgan fingerprint density at radius 2 is 1.88 bits per heavy atom. The van der Waals surface area contributed by atoms with E-state index in [1.54, 1.807) is 0 Å². The molecule has 0 radical (unpaired) electrons. The van der Waals surface area contributed by atoms with E-state index in [1.807, 2.05) is 0 Å². The minimum absolute atomic E-state index is 0.517. The first-order valence-electron chi connectivity index (χ1n) is 7.47. The van der Waals surface area contributed by atoms with Crippen LogP contribution in [0.2, 0.25) is 0 Å². The highest BCUT2D eigenvalue weighted by Gasteiger charge is 2.37. The molecular weight excluding hydrogens is 272 g/mol. The molecule has 1 aliphatic rings. The Kier molecular flexibility index (Phi) is 6.02. The van der Waals surface area contributed by atoms with E-state index in [2.05, 4.69) is 50.5 Å². The number of hydrogen-bond donors (Lipinski definition) is 0. The van der Waals surface area contributed by atoms with Crippen LogP contribution in [0.4, 0.5) is 0 Å². The molecule has 0 aliphatic heterocycles. The number of rotatable bonds is 5. The van der Waals surface area contributed by atoms with Crippen LogP contribution in [0.5, 0.6) is 0 Å². The van der Waals surface area contributed by atoms with Gasteiger partial charge in [-0.15, -0.1) is 0 Å². The van der Waals surface area contributed by atoms with E-state index in [4.69, 9.17) is 0 Å². The van der Waals surface area contributed by atoms with Crippen LogP contribution in [-0.2, 0) is 0 Å². The lowest BCUT2D eigenvalue weighted by Crippen LogP contribution is -2.35. The van der Waals surface area contributed by atoms with Crippen molar-refractivity contribution in [1.29, 1.82) is 0 Å². The summed E-state index contributed by atoms with van der Waals surface area (Å²) >= 11 is 3.95. The molecule has 3 atom stereocenters. The molecule has 1 fully saturated rings. The molecule has 0 bridgehead atoms. The highest BCUT2D eigenvalue weighted by molar-refractivity contribution is 9.09. The molecule has 0 N–H and O–H groups in total. The van der Waals surface area contributed by atoms with Gasteiger partial charge in [0.1, 0.15) is 0 Å². The molecule has 1 rings (SSSR count). The molecule has 1 heteroatoms. The van der Waals surface area contributed by atoms with Crippen LogP contribution in [0, 0.1) is 23.2 Å². The third kappa shape index (κ3) is 4.93. The smallest absolute Gasteiger partial charge is 0.0181 e. The summed E-state index contributed by atoms with van der Waals surface area (Å²) in [6.45, 7) is 12.0. The Morgan fingerprint density at radius 3 is 2.41 bits per heavy atom. The van der Waals surface area contributed by atoms with Crippen molar-refractivity contribution in [3.63, 3.8) is 0 Å². The van der Waals surface area contributed by atoms with Crippen molar-refractivity contribution < 1.29 is 0 Å². The van der Waals surface area contributed by atoms with Crippen LogP contribution in [0.1, 0.15) is 73.1 Å². The second kappa shape index (κ2) is 6.59. The summed E-state index contributed by atoms with van der Waals surface area (Å²) in [6, 6.07) is 0. The molecule has 102 valence electrons. The van der Waals surface area contributed by atoms with Crippen LogP contribution < -0.4 is 0 Å². The first-order chi connectivity index (χ1) is 7.83. The van der Waals surface area contributed by atoms with Gasteiger partial charge in [0.25, 0.3) is 0 Å². The van der Waals surface area contributed by atoms with Crippen molar-refractivity contribution in [2.75, 3.05) is 0 Å². The maximum absolute atomic E-state index is 3.95. The summed E-state index contributed by atoms with van der Waals surface area (Å²) in [6.07, 6.45) is 8.41. The Morgan fingerprint density at radius 1 is 1.24 bits per heavy atom. The lowest BCUT2D eigenvalue weighted by molar-refractivity contribution is 0.132. The molecule has 17 heavy (non-hydrogen) atoms. The van der Waals surface area contributed by atoms with Crippen LogP contribution in [-0.4, -0.2) is 4.83 Å². The number of halogens is 1. The van der Waals surface area contributed by atoms with Crippen LogP contribution in [0.15, 0.2) is 0 Å². The van der Waals surface area contributed by atoms with E-state index in [0.29, 0.717) is 5.41 Å². The fourth-order valence-electron chi connectivity index (χ4n) is 3.34. The van der Waals surface area contributed by atoms with Crippen LogP contribution in [0.25, 0.3) is 0 Å². The lowest BCUT2D eigenvalue weighted by atomic mass is 9.67. The second-order valence-electron chi connectivity index (χ2n) is 7.32. The molecule has 1 saturated carbocycles. The van der Waals surface area contributed by atoms with Gasteiger partial charge < -0.3 is 0 Å². The minimum Gasteiger partial charge on any atom is -0.0887 e. The van der Waals surface area contributed by atoms with Gasteiger partial charge in [0.2, 0.25) is 0 Å². The highest BCUT2D eigenvalue weighted by atomic mass is 79.9. The average Bonchev–Trinajstić information content (AvgIpc) is 2.15. The third-order valence-electron chi connectivity index (χ3n) is 4.64. The standard InChI is InChI=1S/C16H31Br/c1-12(2)7-6-10-16(4,5)14-9-8-13(3)11-15(14)17/h12-15H,6-11H2,1-5H3. The van der Waals surface area contributed by atoms with E-state index >= 15 is 0 Å². The van der Waals surface area contributed by atoms with Gasteiger partial charge in [-0.05, 0) is 42.4 Å². The van der Waals surface area contributed by atoms with E-state index in [1.165, 1.54) is 38.5 Å². The van der Waals surface area contributed by atoms with Crippen molar-refractivity contribution in [2.45, 2.75) is 78.0 Å². The summed E-state index contributed by atoms with van der Waals surface area (Å²) in [7, 11) is 0. The summed E-state index contributed by atoms with van der Waals surface area (Å²) in [5.41, 5.74) is 0.517. The molecule has 3 unspecified atom stereocenters. The number of hydrogen-bond acceptors (Lipinski definition) is 0. The Hall–Kier alpha value is 0.480. The van der Waals surface area contributed by atoms with E-state index in [-0.39, 0.29) is 0 Å². The first kappa shape index (κ1) is 15.5. The first-order valence-corrected chi connectivity index (χ1v) is 8.38. The normalized spacial score (nSPS) is 30.9. The Balaban J connectivity index is 2.45. The van der Waals surface area contributed by atoms with Crippen LogP contribution in [0.3, 0.4) is 0 Å². The fourth-order valence-corrected chi connectivity index (χ4v) is 4.96. The zero-order valence-corrected chi connectivity index (χ0v) is 14.0. The average molecular weight is 303 g/mol. The predicted molar refractivity (Wildman–Crippen MR) is 81.7 cm³/mol. The third-order valence-corrected chi connectivity index (χ3v) is 5.65. The van der Waals surface area contributed by atoms with Gasteiger partial charge in [-0.3, -0.25) is 0 Å². The van der Waals surface area contributed by atoms with Crippen molar-refractivity contribution in [3.8, 4) is 0 Å². The SMILES string of the molecule is CC(C)CCCC(C)(C)C1CCC(C)CC1Br. The summed E-state index contributed by atoms with van der Waals surface area (Å²) < 4.78 is 0. The molecule has 0 aromatic carbocycles. The van der Waals surface area contributed by atoms with Crippen molar-refractivity contribution in [2.24, 2.45) is 23.2 Å². The number of alkyl halides is 1. The molecule has 0 nitrogen and oxygen atoms in total. The molecule has 0 saturated heterocycles. The van der Waals surface area contributed by atoms with Crippen molar-refractivity contribution in [1.82, 2.24) is 0 Å². The van der Waals surface area contributed by atoms with Gasteiger partial charge in [0, 0.05) is 4.83 Å². The largest absolute Gasteiger partial charge is 0.0887 e. The quantitative estimate of drug-likeness (QED) is 0.543. The molecular formula is C16H31Br. The molecule has 0 aromatic heterocycles. The van der Waals surface area contributed by atoms with E-state index in [0.717, 1.165) is 22.6 Å². The van der Waals surface area contributed by atoms with Crippen molar-refractivity contribution in [3.05, 3.63) is 0 Å². The zero-order chi connectivity index (χ0) is 13.1. The Labute approximate surface area is 117 Å². The van der Waals surface area contributed by atoms with Gasteiger partial charge >= 0.3 is 0 Å². The lowest BCUT2D eigenvalue weighted by Gasteiger charge is -2.42. The van der Waals surface area contributed by atoms with Gasteiger partial charge in [-0.1, -0.05) is 69.8 Å². The van der Waals surface area contributed by atoms with Crippen molar-refractivity contribution >= 4 is 15.9 Å². The predicted octanol–water partition coefficient (Wildman–Crippen LogP) is 6.04. The molecule has 0 spiro atoms.